The van der Waals surface area contributed by atoms with E-state index in [1.54, 1.807) is 31.4 Å². The molecule has 0 aliphatic carbocycles. The van der Waals surface area contributed by atoms with Crippen LogP contribution in [0.25, 0.3) is 11.6 Å². The molecule has 3 aromatic rings. The topological polar surface area (TPSA) is 42.2 Å². The number of rotatable bonds is 6. The highest BCUT2D eigenvalue weighted by atomic mass is 127. The van der Waals surface area contributed by atoms with E-state index >= 15 is 0 Å². The molecule has 0 aliphatic rings. The van der Waals surface area contributed by atoms with Crippen LogP contribution in [0.5, 0.6) is 11.5 Å². The predicted octanol–water partition coefficient (Wildman–Crippen LogP) is 6.84. The van der Waals surface area contributed by atoms with Gasteiger partial charge in [-0.25, -0.2) is 4.39 Å². The summed E-state index contributed by atoms with van der Waals surface area (Å²) in [5.41, 5.74) is 2.69. The number of methoxy groups -OCH3 is 1. The van der Waals surface area contributed by atoms with Crippen molar-refractivity contribution in [3.05, 3.63) is 91.2 Å². The largest absolute Gasteiger partial charge is 0.493 e. The Morgan fingerprint density at radius 3 is 2.59 bits per heavy atom. The van der Waals surface area contributed by atoms with Gasteiger partial charge in [0.25, 0.3) is 0 Å². The Hall–Kier alpha value is -2.37. The Kier molecular flexibility index (Phi) is 7.29. The van der Waals surface area contributed by atoms with E-state index in [1.807, 2.05) is 30.3 Å². The highest BCUT2D eigenvalue weighted by Gasteiger charge is 2.12. The fraction of sp³-hybridized carbons (Fsp3) is 0.0870. The van der Waals surface area contributed by atoms with Crippen LogP contribution in [-0.2, 0) is 6.61 Å². The second-order valence-corrected chi connectivity index (χ2v) is 8.21. The summed E-state index contributed by atoms with van der Waals surface area (Å²) in [4.78, 5) is 0. The Bertz CT molecular complexity index is 1090. The highest BCUT2D eigenvalue weighted by Crippen LogP contribution is 2.35. The number of nitriles is 1. The molecule has 3 nitrogen and oxygen atoms in total. The predicted molar refractivity (Wildman–Crippen MR) is 124 cm³/mol. The maximum Gasteiger partial charge on any atom is 0.174 e. The molecule has 0 aromatic heterocycles. The zero-order chi connectivity index (χ0) is 20.8. The van der Waals surface area contributed by atoms with E-state index in [2.05, 4.69) is 44.6 Å². The molecule has 146 valence electrons. The van der Waals surface area contributed by atoms with E-state index < -0.39 is 0 Å². The van der Waals surface area contributed by atoms with Gasteiger partial charge < -0.3 is 9.47 Å². The van der Waals surface area contributed by atoms with E-state index in [-0.39, 0.29) is 5.82 Å². The van der Waals surface area contributed by atoms with Gasteiger partial charge in [-0.3, -0.25) is 0 Å². The van der Waals surface area contributed by atoms with E-state index in [0.717, 1.165) is 19.2 Å². The third kappa shape index (κ3) is 5.58. The van der Waals surface area contributed by atoms with Crippen LogP contribution in [0, 0.1) is 20.7 Å². The molecule has 0 radical (unpaired) electrons. The molecule has 0 N–H and O–H groups in total. The third-order valence-corrected chi connectivity index (χ3v) is 5.45. The summed E-state index contributed by atoms with van der Waals surface area (Å²) in [6.45, 7) is 0.404. The summed E-state index contributed by atoms with van der Waals surface area (Å²) in [6, 6.07) is 19.7. The molecule has 0 unspecified atom stereocenters. The van der Waals surface area contributed by atoms with Crippen molar-refractivity contribution < 1.29 is 13.9 Å². The van der Waals surface area contributed by atoms with Gasteiger partial charge in [0, 0.05) is 4.47 Å². The van der Waals surface area contributed by atoms with Gasteiger partial charge in [-0.15, -0.1) is 0 Å². The molecule has 3 aromatic carbocycles. The molecule has 6 heteroatoms. The summed E-state index contributed by atoms with van der Waals surface area (Å²) in [6.07, 6.45) is 1.71. The first-order chi connectivity index (χ1) is 14.0. The molecule has 0 bridgehead atoms. The Morgan fingerprint density at radius 1 is 1.17 bits per heavy atom. The van der Waals surface area contributed by atoms with Gasteiger partial charge in [0.2, 0.25) is 0 Å². The molecular weight excluding hydrogens is 548 g/mol. The van der Waals surface area contributed by atoms with Crippen molar-refractivity contribution in [1.82, 2.24) is 0 Å². The number of hydrogen-bond donors (Lipinski definition) is 0. The SMILES string of the molecule is COc1cc(/C=C(/C#N)c2cccc(F)c2)cc(I)c1OCc1ccc(Br)cc1. The van der Waals surface area contributed by atoms with E-state index in [9.17, 15) is 9.65 Å². The summed E-state index contributed by atoms with van der Waals surface area (Å²) < 4.78 is 26.9. The van der Waals surface area contributed by atoms with Crippen LogP contribution in [-0.4, -0.2) is 7.11 Å². The van der Waals surface area contributed by atoms with Gasteiger partial charge in [0.15, 0.2) is 11.5 Å². The number of allylic oxidation sites excluding steroid dienone is 1. The van der Waals surface area contributed by atoms with Crippen LogP contribution < -0.4 is 9.47 Å². The lowest BCUT2D eigenvalue weighted by Crippen LogP contribution is -2.00. The van der Waals surface area contributed by atoms with Crippen LogP contribution in [0.2, 0.25) is 0 Å². The Labute approximate surface area is 191 Å². The van der Waals surface area contributed by atoms with Crippen LogP contribution in [0.1, 0.15) is 16.7 Å². The molecule has 0 spiro atoms. The number of benzene rings is 3. The monoisotopic (exact) mass is 563 g/mol. The van der Waals surface area contributed by atoms with Gasteiger partial charge in [0.05, 0.1) is 22.3 Å². The van der Waals surface area contributed by atoms with Crippen molar-refractivity contribution in [3.8, 4) is 17.6 Å². The maximum absolute atomic E-state index is 13.5. The number of halogens is 3. The lowest BCUT2D eigenvalue weighted by molar-refractivity contribution is 0.282. The van der Waals surface area contributed by atoms with Gasteiger partial charge in [-0.1, -0.05) is 40.2 Å². The van der Waals surface area contributed by atoms with Crippen molar-refractivity contribution in [2.24, 2.45) is 0 Å². The highest BCUT2D eigenvalue weighted by molar-refractivity contribution is 14.1. The number of nitrogens with zero attached hydrogens (tertiary/aromatic N) is 1. The van der Waals surface area contributed by atoms with Gasteiger partial charge in [0.1, 0.15) is 12.4 Å². The average Bonchev–Trinajstić information content (AvgIpc) is 2.72. The molecule has 29 heavy (non-hydrogen) atoms. The van der Waals surface area contributed by atoms with Crippen molar-refractivity contribution in [2.75, 3.05) is 7.11 Å². The van der Waals surface area contributed by atoms with Crippen molar-refractivity contribution >= 4 is 50.2 Å². The minimum Gasteiger partial charge on any atom is -0.493 e. The van der Waals surface area contributed by atoms with Crippen LogP contribution in [0.3, 0.4) is 0 Å². The molecule has 0 aliphatic heterocycles. The molecule has 0 atom stereocenters. The zero-order valence-electron chi connectivity index (χ0n) is 15.5. The molecule has 0 saturated carbocycles. The fourth-order valence-electron chi connectivity index (χ4n) is 2.70. The number of hydrogen-bond acceptors (Lipinski definition) is 3. The van der Waals surface area contributed by atoms with Gasteiger partial charge in [-0.05, 0) is 81.8 Å². The van der Waals surface area contributed by atoms with Crippen molar-refractivity contribution in [3.63, 3.8) is 0 Å². The first-order valence-corrected chi connectivity index (χ1v) is 10.5. The third-order valence-electron chi connectivity index (χ3n) is 4.12. The van der Waals surface area contributed by atoms with E-state index in [1.165, 1.54) is 12.1 Å². The molecule has 0 saturated heterocycles. The minimum atomic E-state index is -0.382. The average molecular weight is 564 g/mol. The standard InChI is InChI=1S/C23H16BrFINO2/c1-28-22-11-16(9-18(13-27)17-3-2-4-20(25)12-17)10-21(26)23(22)29-14-15-5-7-19(24)8-6-15/h2-12H,14H2,1H3/b18-9-. The summed E-state index contributed by atoms with van der Waals surface area (Å²) >= 11 is 5.60. The molecule has 0 fully saturated rings. The maximum atomic E-state index is 13.5. The van der Waals surface area contributed by atoms with Gasteiger partial charge >= 0.3 is 0 Å². The summed E-state index contributed by atoms with van der Waals surface area (Å²) in [5, 5.41) is 9.51. The van der Waals surface area contributed by atoms with Gasteiger partial charge in [-0.2, -0.15) is 5.26 Å². The molecule has 0 amide bonds. The van der Waals surface area contributed by atoms with Crippen molar-refractivity contribution in [1.29, 1.82) is 5.26 Å². The quantitative estimate of drug-likeness (QED) is 0.187. The summed E-state index contributed by atoms with van der Waals surface area (Å²) in [5.74, 6) is 0.821. The van der Waals surface area contributed by atoms with E-state index in [4.69, 9.17) is 9.47 Å². The zero-order valence-corrected chi connectivity index (χ0v) is 19.2. The van der Waals surface area contributed by atoms with Crippen LogP contribution in [0.4, 0.5) is 4.39 Å². The smallest absolute Gasteiger partial charge is 0.174 e. The fourth-order valence-corrected chi connectivity index (χ4v) is 3.75. The lowest BCUT2D eigenvalue weighted by Gasteiger charge is -2.14. The molecule has 3 rings (SSSR count). The second-order valence-electron chi connectivity index (χ2n) is 6.13. The summed E-state index contributed by atoms with van der Waals surface area (Å²) in [7, 11) is 1.57. The lowest BCUT2D eigenvalue weighted by atomic mass is 10.0. The Morgan fingerprint density at radius 2 is 1.93 bits per heavy atom. The van der Waals surface area contributed by atoms with Crippen molar-refractivity contribution in [2.45, 2.75) is 6.61 Å². The normalized spacial score (nSPS) is 11.1. The van der Waals surface area contributed by atoms with Crippen LogP contribution >= 0.6 is 38.5 Å². The number of ether oxygens (including phenoxy) is 2. The molecular formula is C23H16BrFINO2. The second kappa shape index (κ2) is 9.90. The minimum absolute atomic E-state index is 0.367. The van der Waals surface area contributed by atoms with Crippen LogP contribution in [0.15, 0.2) is 65.1 Å². The Balaban J connectivity index is 1.89. The van der Waals surface area contributed by atoms with E-state index in [0.29, 0.717) is 29.2 Å². The first kappa shape index (κ1) is 21.3. The molecule has 0 heterocycles. The first-order valence-electron chi connectivity index (χ1n) is 8.62.